The molecule has 0 aromatic heterocycles. The summed E-state index contributed by atoms with van der Waals surface area (Å²) < 4.78 is 0. The van der Waals surface area contributed by atoms with E-state index < -0.39 is 5.41 Å². The Bertz CT molecular complexity index is 470. The Morgan fingerprint density at radius 2 is 2.05 bits per heavy atom. The summed E-state index contributed by atoms with van der Waals surface area (Å²) in [6.07, 6.45) is 12.2. The number of imide groups is 1. The van der Waals surface area contributed by atoms with E-state index in [0.29, 0.717) is 0 Å². The molecule has 2 amide bonds. The van der Waals surface area contributed by atoms with Gasteiger partial charge >= 0.3 is 0 Å². The fourth-order valence-electron chi connectivity index (χ4n) is 5.19. The lowest BCUT2D eigenvalue weighted by molar-refractivity contribution is -0.134. The van der Waals surface area contributed by atoms with Gasteiger partial charge in [-0.1, -0.05) is 51.7 Å². The molecule has 3 aliphatic rings. The number of hydrogen-bond donors (Lipinski definition) is 1. The number of allylic oxidation sites excluding steroid dienone is 2. The minimum absolute atomic E-state index is 0.00246. The summed E-state index contributed by atoms with van der Waals surface area (Å²) in [5.74, 6) is 0.155. The summed E-state index contributed by atoms with van der Waals surface area (Å²) in [5.41, 5.74) is -0.503. The number of unbranched alkanes of at least 4 members (excludes halogenated alkanes) is 3. The summed E-state index contributed by atoms with van der Waals surface area (Å²) in [7, 11) is 0. The Morgan fingerprint density at radius 3 is 2.75 bits per heavy atom. The zero-order chi connectivity index (χ0) is 14.4. The minimum Gasteiger partial charge on any atom is -0.296 e. The first-order valence-electron chi connectivity index (χ1n) is 8.16. The molecule has 1 heterocycles. The maximum absolute atomic E-state index is 12.5. The first kappa shape index (κ1) is 13.8. The Hall–Kier alpha value is -1.12. The first-order chi connectivity index (χ1) is 9.61. The molecule has 4 unspecified atom stereocenters. The summed E-state index contributed by atoms with van der Waals surface area (Å²) in [5, 5.41) is 2.62. The van der Waals surface area contributed by atoms with Crippen LogP contribution in [0, 0.1) is 22.7 Å². The van der Waals surface area contributed by atoms with E-state index in [4.69, 9.17) is 0 Å². The molecule has 0 radical (unpaired) electrons. The molecule has 1 N–H and O–H groups in total. The van der Waals surface area contributed by atoms with E-state index in [1.165, 1.54) is 25.7 Å². The highest BCUT2D eigenvalue weighted by Gasteiger charge is 2.72. The third kappa shape index (κ3) is 1.52. The van der Waals surface area contributed by atoms with E-state index in [1.807, 2.05) is 0 Å². The third-order valence-electron chi connectivity index (χ3n) is 6.07. The van der Waals surface area contributed by atoms with Gasteiger partial charge in [-0.05, 0) is 25.2 Å². The molecule has 3 rings (SSSR count). The van der Waals surface area contributed by atoms with Gasteiger partial charge in [-0.3, -0.25) is 14.9 Å². The normalized spacial score (nSPS) is 41.3. The summed E-state index contributed by atoms with van der Waals surface area (Å²) >= 11 is 0. The molecule has 1 aliphatic heterocycles. The molecule has 2 bridgehead atoms. The van der Waals surface area contributed by atoms with Crippen molar-refractivity contribution < 1.29 is 9.59 Å². The molecule has 2 fully saturated rings. The predicted molar refractivity (Wildman–Crippen MR) is 77.8 cm³/mol. The van der Waals surface area contributed by atoms with Crippen LogP contribution in [-0.4, -0.2) is 11.8 Å². The van der Waals surface area contributed by atoms with Gasteiger partial charge in [0.2, 0.25) is 11.8 Å². The Morgan fingerprint density at radius 1 is 1.25 bits per heavy atom. The van der Waals surface area contributed by atoms with Crippen molar-refractivity contribution in [1.29, 1.82) is 0 Å². The third-order valence-corrected chi connectivity index (χ3v) is 6.07. The van der Waals surface area contributed by atoms with Crippen LogP contribution in [0.1, 0.15) is 58.8 Å². The molecule has 1 saturated heterocycles. The molecule has 0 aromatic carbocycles. The second kappa shape index (κ2) is 4.71. The minimum atomic E-state index is -0.449. The van der Waals surface area contributed by atoms with Crippen LogP contribution in [0.3, 0.4) is 0 Å². The van der Waals surface area contributed by atoms with Crippen LogP contribution in [0.15, 0.2) is 12.2 Å². The van der Waals surface area contributed by atoms with Crippen molar-refractivity contribution in [3.8, 4) is 0 Å². The molecular formula is C17H25NO2. The predicted octanol–water partition coefficient (Wildman–Crippen LogP) is 3.20. The zero-order valence-corrected chi connectivity index (χ0v) is 12.6. The van der Waals surface area contributed by atoms with Gasteiger partial charge < -0.3 is 0 Å². The number of carbonyl (C=O) groups excluding carboxylic acids is 2. The summed E-state index contributed by atoms with van der Waals surface area (Å²) in [4.78, 5) is 24.7. The van der Waals surface area contributed by atoms with Gasteiger partial charge in [0.05, 0.1) is 11.3 Å². The molecule has 3 nitrogen and oxygen atoms in total. The molecule has 0 aromatic rings. The van der Waals surface area contributed by atoms with E-state index in [1.54, 1.807) is 0 Å². The highest BCUT2D eigenvalue weighted by molar-refractivity contribution is 6.09. The van der Waals surface area contributed by atoms with Crippen LogP contribution in [0.25, 0.3) is 0 Å². The lowest BCUT2D eigenvalue weighted by Crippen LogP contribution is -2.45. The highest BCUT2D eigenvalue weighted by Crippen LogP contribution is 2.69. The van der Waals surface area contributed by atoms with Crippen LogP contribution < -0.4 is 5.32 Å². The van der Waals surface area contributed by atoms with Crippen molar-refractivity contribution in [2.24, 2.45) is 22.7 Å². The number of rotatable bonds is 6. The van der Waals surface area contributed by atoms with Crippen molar-refractivity contribution in [3.63, 3.8) is 0 Å². The lowest BCUT2D eigenvalue weighted by Gasteiger charge is -2.42. The number of fused-ring (bicyclic) bond motifs is 5. The number of nitrogens with one attached hydrogen (secondary N) is 1. The summed E-state index contributed by atoms with van der Waals surface area (Å²) in [6.45, 7) is 4.29. The highest BCUT2D eigenvalue weighted by atomic mass is 16.2. The fraction of sp³-hybridized carbons (Fsp3) is 0.765. The maximum Gasteiger partial charge on any atom is 0.234 e. The maximum atomic E-state index is 12.5. The van der Waals surface area contributed by atoms with Crippen molar-refractivity contribution >= 4 is 11.8 Å². The molecule has 1 saturated carbocycles. The van der Waals surface area contributed by atoms with Gasteiger partial charge in [-0.25, -0.2) is 0 Å². The van der Waals surface area contributed by atoms with E-state index >= 15 is 0 Å². The number of amides is 2. The van der Waals surface area contributed by atoms with Gasteiger partial charge in [-0.15, -0.1) is 0 Å². The number of hydrogen-bond acceptors (Lipinski definition) is 2. The average molecular weight is 275 g/mol. The van der Waals surface area contributed by atoms with Crippen LogP contribution in [-0.2, 0) is 9.59 Å². The SMILES string of the molecule is CCCCCCC12C=CC(C1)C1C(=O)NC(=O)C12CC. The van der Waals surface area contributed by atoms with E-state index in [-0.39, 0.29) is 29.1 Å². The fourth-order valence-corrected chi connectivity index (χ4v) is 5.19. The van der Waals surface area contributed by atoms with Crippen molar-refractivity contribution in [2.75, 3.05) is 0 Å². The van der Waals surface area contributed by atoms with Crippen molar-refractivity contribution in [1.82, 2.24) is 5.32 Å². The zero-order valence-electron chi connectivity index (χ0n) is 12.6. The van der Waals surface area contributed by atoms with E-state index in [2.05, 4.69) is 31.3 Å². The quantitative estimate of drug-likeness (QED) is 0.459. The Balaban J connectivity index is 1.88. The van der Waals surface area contributed by atoms with Crippen LogP contribution in [0.4, 0.5) is 0 Å². The average Bonchev–Trinajstić information content (AvgIpc) is 3.04. The standard InChI is InChI=1S/C17H25NO2/c1-3-5-6-7-9-16-10-8-12(11-16)13-14(19)18-15(20)17(13,16)4-2/h8,10,12-13H,3-7,9,11H2,1-2H3,(H,18,19,20). The second-order valence-corrected chi connectivity index (χ2v) is 6.81. The second-order valence-electron chi connectivity index (χ2n) is 6.81. The van der Waals surface area contributed by atoms with Gasteiger partial charge in [0.1, 0.15) is 0 Å². The first-order valence-corrected chi connectivity index (χ1v) is 8.16. The lowest BCUT2D eigenvalue weighted by atomic mass is 9.58. The molecule has 20 heavy (non-hydrogen) atoms. The van der Waals surface area contributed by atoms with E-state index in [9.17, 15) is 9.59 Å². The van der Waals surface area contributed by atoms with Gasteiger partial charge in [-0.2, -0.15) is 0 Å². The van der Waals surface area contributed by atoms with Crippen LogP contribution in [0.2, 0.25) is 0 Å². The molecule has 2 aliphatic carbocycles. The topological polar surface area (TPSA) is 46.2 Å². The van der Waals surface area contributed by atoms with Crippen LogP contribution in [0.5, 0.6) is 0 Å². The number of carbonyl (C=O) groups is 2. The smallest absolute Gasteiger partial charge is 0.234 e. The van der Waals surface area contributed by atoms with Gasteiger partial charge in [0.25, 0.3) is 0 Å². The Labute approximate surface area is 121 Å². The largest absolute Gasteiger partial charge is 0.296 e. The molecule has 0 spiro atoms. The molecule has 110 valence electrons. The van der Waals surface area contributed by atoms with Gasteiger partial charge in [0, 0.05) is 5.41 Å². The Kier molecular flexibility index (Phi) is 3.26. The van der Waals surface area contributed by atoms with Crippen molar-refractivity contribution in [2.45, 2.75) is 58.8 Å². The van der Waals surface area contributed by atoms with Gasteiger partial charge in [0.15, 0.2) is 0 Å². The van der Waals surface area contributed by atoms with Crippen LogP contribution >= 0.6 is 0 Å². The molecular weight excluding hydrogens is 250 g/mol. The van der Waals surface area contributed by atoms with E-state index in [0.717, 1.165) is 19.3 Å². The monoisotopic (exact) mass is 275 g/mol. The summed E-state index contributed by atoms with van der Waals surface area (Å²) in [6, 6.07) is 0. The van der Waals surface area contributed by atoms with Crippen molar-refractivity contribution in [3.05, 3.63) is 12.2 Å². The molecule has 3 heteroatoms. The molecule has 4 atom stereocenters.